The molecule has 2 rings (SSSR count). The van der Waals surface area contributed by atoms with Crippen molar-refractivity contribution in [2.45, 2.75) is 12.9 Å². The summed E-state index contributed by atoms with van der Waals surface area (Å²) in [5, 5.41) is 0. The minimum atomic E-state index is 0.0469. The summed E-state index contributed by atoms with van der Waals surface area (Å²) in [5.74, 6) is 0. The van der Waals surface area contributed by atoms with Crippen LogP contribution < -0.4 is 16.9 Å². The predicted octanol–water partition coefficient (Wildman–Crippen LogP) is 0.127. The molecule has 0 bridgehead atoms. The van der Waals surface area contributed by atoms with Crippen molar-refractivity contribution in [2.24, 2.45) is 5.73 Å². The van der Waals surface area contributed by atoms with Gasteiger partial charge in [0.05, 0.1) is 6.10 Å². The lowest BCUT2D eigenvalue weighted by atomic mass is 9.64. The van der Waals surface area contributed by atoms with E-state index in [0.29, 0.717) is 6.54 Å². The lowest BCUT2D eigenvalue weighted by Gasteiger charge is -2.08. The van der Waals surface area contributed by atoms with Gasteiger partial charge in [-0.2, -0.15) is 0 Å². The zero-order chi connectivity index (χ0) is 9.42. The third-order valence-corrected chi connectivity index (χ3v) is 2.48. The van der Waals surface area contributed by atoms with Gasteiger partial charge < -0.3 is 16.1 Å². The standard InChI is InChI=1S/C9H13BN2O/c1-10-8-4-6(12)2-3-7(8)9(5-11)13-10/h2-4,9H,5,11-12H2,1H3. The van der Waals surface area contributed by atoms with Crippen LogP contribution in [0, 0.1) is 0 Å². The third kappa shape index (κ3) is 1.32. The first-order valence-electron chi connectivity index (χ1n) is 4.47. The van der Waals surface area contributed by atoms with Crippen molar-refractivity contribution in [1.29, 1.82) is 0 Å². The number of fused-ring (bicyclic) bond motifs is 1. The number of rotatable bonds is 1. The molecule has 68 valence electrons. The number of nitrogen functional groups attached to an aromatic ring is 1. The fourth-order valence-electron chi connectivity index (χ4n) is 1.81. The van der Waals surface area contributed by atoms with Crippen molar-refractivity contribution >= 4 is 18.1 Å². The molecule has 1 aromatic carbocycles. The van der Waals surface area contributed by atoms with Crippen LogP contribution >= 0.6 is 0 Å². The normalized spacial score (nSPS) is 20.5. The monoisotopic (exact) mass is 176 g/mol. The summed E-state index contributed by atoms with van der Waals surface area (Å²) in [6.45, 7) is 2.67. The van der Waals surface area contributed by atoms with Crippen molar-refractivity contribution in [1.82, 2.24) is 0 Å². The Labute approximate surface area is 78.2 Å². The van der Waals surface area contributed by atoms with E-state index in [9.17, 15) is 0 Å². The van der Waals surface area contributed by atoms with Gasteiger partial charge in [0.15, 0.2) is 0 Å². The molecule has 4 N–H and O–H groups in total. The van der Waals surface area contributed by atoms with Crippen LogP contribution in [0.15, 0.2) is 18.2 Å². The van der Waals surface area contributed by atoms with Gasteiger partial charge in [0.2, 0.25) is 0 Å². The fourth-order valence-corrected chi connectivity index (χ4v) is 1.81. The molecule has 0 spiro atoms. The summed E-state index contributed by atoms with van der Waals surface area (Å²) < 4.78 is 5.66. The summed E-state index contributed by atoms with van der Waals surface area (Å²) in [4.78, 5) is 0. The van der Waals surface area contributed by atoms with Crippen LogP contribution in [0.5, 0.6) is 0 Å². The highest BCUT2D eigenvalue weighted by molar-refractivity contribution is 6.67. The molecule has 1 atom stereocenters. The highest BCUT2D eigenvalue weighted by Gasteiger charge is 2.30. The van der Waals surface area contributed by atoms with Crippen LogP contribution in [0.25, 0.3) is 0 Å². The molecule has 1 heterocycles. The van der Waals surface area contributed by atoms with Gasteiger partial charge in [0.25, 0.3) is 0 Å². The second-order valence-corrected chi connectivity index (χ2v) is 3.39. The fraction of sp³-hybridized carbons (Fsp3) is 0.333. The highest BCUT2D eigenvalue weighted by Crippen LogP contribution is 2.23. The molecule has 0 fully saturated rings. The molecule has 4 heteroatoms. The molecule has 0 amide bonds. The Balaban J connectivity index is 2.46. The molecule has 0 saturated carbocycles. The molecule has 3 nitrogen and oxygen atoms in total. The molecule has 1 unspecified atom stereocenters. The summed E-state index contributed by atoms with van der Waals surface area (Å²) in [6.07, 6.45) is 0.0469. The minimum Gasteiger partial charge on any atom is -0.423 e. The van der Waals surface area contributed by atoms with E-state index in [-0.39, 0.29) is 13.0 Å². The molecule has 0 saturated heterocycles. The number of benzene rings is 1. The summed E-state index contributed by atoms with van der Waals surface area (Å²) in [6, 6.07) is 5.87. The zero-order valence-electron chi connectivity index (χ0n) is 7.66. The Morgan fingerprint density at radius 3 is 3.00 bits per heavy atom. The van der Waals surface area contributed by atoms with Crippen LogP contribution in [0.3, 0.4) is 0 Å². The molecule has 1 aromatic rings. The predicted molar refractivity (Wildman–Crippen MR) is 55.0 cm³/mol. The van der Waals surface area contributed by atoms with E-state index in [1.807, 2.05) is 25.0 Å². The third-order valence-electron chi connectivity index (χ3n) is 2.48. The Kier molecular flexibility index (Phi) is 2.02. The first-order chi connectivity index (χ1) is 6.22. The number of nitrogens with two attached hydrogens (primary N) is 2. The molecule has 13 heavy (non-hydrogen) atoms. The van der Waals surface area contributed by atoms with Crippen molar-refractivity contribution in [3.63, 3.8) is 0 Å². The number of hydrogen-bond acceptors (Lipinski definition) is 3. The van der Waals surface area contributed by atoms with E-state index in [1.54, 1.807) is 0 Å². The van der Waals surface area contributed by atoms with Gasteiger partial charge in [-0.15, -0.1) is 0 Å². The Bertz CT molecular complexity index is 329. The molecule has 0 radical (unpaired) electrons. The second-order valence-electron chi connectivity index (χ2n) is 3.39. The quantitative estimate of drug-likeness (QED) is 0.472. The largest absolute Gasteiger partial charge is 0.423 e. The topological polar surface area (TPSA) is 61.3 Å². The van der Waals surface area contributed by atoms with Gasteiger partial charge in [-0.05, 0) is 23.2 Å². The van der Waals surface area contributed by atoms with Crippen LogP contribution in [-0.4, -0.2) is 13.5 Å². The van der Waals surface area contributed by atoms with Gasteiger partial charge >= 0.3 is 6.92 Å². The molecule has 1 aliphatic heterocycles. The maximum Gasteiger partial charge on any atom is 0.324 e. The van der Waals surface area contributed by atoms with E-state index in [1.165, 1.54) is 11.0 Å². The average molecular weight is 176 g/mol. The van der Waals surface area contributed by atoms with Gasteiger partial charge in [-0.25, -0.2) is 0 Å². The van der Waals surface area contributed by atoms with Gasteiger partial charge in [0.1, 0.15) is 0 Å². The van der Waals surface area contributed by atoms with Crippen molar-refractivity contribution in [3.8, 4) is 0 Å². The summed E-state index contributed by atoms with van der Waals surface area (Å²) in [5.41, 5.74) is 14.4. The molecule has 1 aliphatic rings. The summed E-state index contributed by atoms with van der Waals surface area (Å²) >= 11 is 0. The SMILES string of the molecule is CB1OC(CN)c2ccc(N)cc21. The highest BCUT2D eigenvalue weighted by atomic mass is 16.5. The number of hydrogen-bond donors (Lipinski definition) is 2. The van der Waals surface area contributed by atoms with Crippen LogP contribution in [0.2, 0.25) is 6.82 Å². The molecule has 0 aromatic heterocycles. The van der Waals surface area contributed by atoms with Crippen LogP contribution in [-0.2, 0) is 4.65 Å². The van der Waals surface area contributed by atoms with Gasteiger partial charge in [-0.1, -0.05) is 12.9 Å². The Morgan fingerprint density at radius 2 is 2.31 bits per heavy atom. The van der Waals surface area contributed by atoms with E-state index in [4.69, 9.17) is 16.1 Å². The first kappa shape index (κ1) is 8.60. The first-order valence-corrected chi connectivity index (χ1v) is 4.47. The van der Waals surface area contributed by atoms with Crippen molar-refractivity contribution in [2.75, 3.05) is 12.3 Å². The lowest BCUT2D eigenvalue weighted by molar-refractivity contribution is 0.235. The van der Waals surface area contributed by atoms with Crippen LogP contribution in [0.4, 0.5) is 5.69 Å². The molecular weight excluding hydrogens is 163 g/mol. The van der Waals surface area contributed by atoms with Crippen LogP contribution in [0.1, 0.15) is 11.7 Å². The van der Waals surface area contributed by atoms with E-state index >= 15 is 0 Å². The van der Waals surface area contributed by atoms with E-state index in [0.717, 1.165) is 5.69 Å². The average Bonchev–Trinajstić information content (AvgIpc) is 2.43. The lowest BCUT2D eigenvalue weighted by Crippen LogP contribution is -2.24. The molecular formula is C9H13BN2O. The Hall–Kier alpha value is -0.995. The zero-order valence-corrected chi connectivity index (χ0v) is 7.66. The second kappa shape index (κ2) is 3.05. The molecule has 0 aliphatic carbocycles. The van der Waals surface area contributed by atoms with Crippen molar-refractivity contribution in [3.05, 3.63) is 23.8 Å². The van der Waals surface area contributed by atoms with Gasteiger partial charge in [-0.3, -0.25) is 0 Å². The van der Waals surface area contributed by atoms with Gasteiger partial charge in [0, 0.05) is 12.2 Å². The minimum absolute atomic E-state index is 0.0469. The smallest absolute Gasteiger partial charge is 0.324 e. The van der Waals surface area contributed by atoms with E-state index < -0.39 is 0 Å². The maximum absolute atomic E-state index is 5.69. The maximum atomic E-state index is 5.69. The summed E-state index contributed by atoms with van der Waals surface area (Å²) in [7, 11) is 0. The van der Waals surface area contributed by atoms with Crippen molar-refractivity contribution < 1.29 is 4.65 Å². The van der Waals surface area contributed by atoms with E-state index in [2.05, 4.69) is 0 Å². The Morgan fingerprint density at radius 1 is 1.54 bits per heavy atom. The number of anilines is 1.